The third-order valence-corrected chi connectivity index (χ3v) is 3.63. The lowest BCUT2D eigenvalue weighted by molar-refractivity contribution is -0.133. The molecule has 0 atom stereocenters. The first-order valence-electron chi connectivity index (χ1n) is 6.95. The maximum absolute atomic E-state index is 12.0. The van der Waals surface area contributed by atoms with Gasteiger partial charge in [0.05, 0.1) is 6.54 Å². The predicted molar refractivity (Wildman–Crippen MR) is 71.9 cm³/mol. The molecule has 3 heteroatoms. The molecule has 0 aliphatic carbocycles. The molecular formula is C14H28N2O. The van der Waals surface area contributed by atoms with Crippen LogP contribution in [0.15, 0.2) is 0 Å². The van der Waals surface area contributed by atoms with E-state index in [1.807, 2.05) is 11.9 Å². The molecule has 0 saturated carbocycles. The highest BCUT2D eigenvalue weighted by atomic mass is 16.2. The summed E-state index contributed by atoms with van der Waals surface area (Å²) in [6, 6.07) is 0. The Morgan fingerprint density at radius 2 is 1.94 bits per heavy atom. The Balaban J connectivity index is 2.23. The molecule has 0 radical (unpaired) electrons. The van der Waals surface area contributed by atoms with E-state index in [9.17, 15) is 4.79 Å². The van der Waals surface area contributed by atoms with E-state index in [0.29, 0.717) is 18.4 Å². The molecule has 1 fully saturated rings. The molecule has 0 unspecified atom stereocenters. The number of amides is 1. The number of hydrogen-bond acceptors (Lipinski definition) is 2. The van der Waals surface area contributed by atoms with E-state index < -0.39 is 0 Å². The number of rotatable bonds is 5. The van der Waals surface area contributed by atoms with Crippen LogP contribution >= 0.6 is 0 Å². The molecule has 0 spiro atoms. The van der Waals surface area contributed by atoms with E-state index in [4.69, 9.17) is 0 Å². The zero-order chi connectivity index (χ0) is 12.8. The quantitative estimate of drug-likeness (QED) is 0.735. The Morgan fingerprint density at radius 3 is 2.47 bits per heavy atom. The predicted octanol–water partition coefficient (Wildman–Crippen LogP) is 2.22. The lowest BCUT2D eigenvalue weighted by Crippen LogP contribution is -2.43. The van der Waals surface area contributed by atoms with Crippen LogP contribution in [0, 0.1) is 11.8 Å². The van der Waals surface area contributed by atoms with Crippen LogP contribution in [0.4, 0.5) is 0 Å². The van der Waals surface area contributed by atoms with Gasteiger partial charge in [-0.15, -0.1) is 0 Å². The van der Waals surface area contributed by atoms with Crippen molar-refractivity contribution in [3.63, 3.8) is 0 Å². The van der Waals surface area contributed by atoms with Crippen LogP contribution in [0.2, 0.25) is 0 Å². The van der Waals surface area contributed by atoms with E-state index in [1.165, 1.54) is 19.3 Å². The maximum atomic E-state index is 12.0. The second-order valence-electron chi connectivity index (χ2n) is 5.98. The summed E-state index contributed by atoms with van der Waals surface area (Å²) in [4.78, 5) is 16.2. The lowest BCUT2D eigenvalue weighted by Gasteiger charge is -2.31. The first-order valence-corrected chi connectivity index (χ1v) is 6.95. The number of likely N-dealkylation sites (tertiary alicyclic amines) is 1. The normalized spacial score (nSPS) is 18.1. The first-order chi connectivity index (χ1) is 7.99. The van der Waals surface area contributed by atoms with Gasteiger partial charge in [0.2, 0.25) is 5.91 Å². The van der Waals surface area contributed by atoms with Crippen LogP contribution in [-0.2, 0) is 4.79 Å². The molecule has 1 amide bonds. The summed E-state index contributed by atoms with van der Waals surface area (Å²) in [5.74, 6) is 1.81. The fourth-order valence-corrected chi connectivity index (χ4v) is 2.15. The minimum atomic E-state index is 0.308. The number of carbonyl (C=O) groups excluding carboxylic acids is 1. The van der Waals surface area contributed by atoms with Gasteiger partial charge in [-0.1, -0.05) is 20.8 Å². The Bertz CT molecular complexity index is 232. The number of nitrogens with zero attached hydrogens (tertiary/aromatic N) is 2. The molecule has 0 bridgehead atoms. The van der Waals surface area contributed by atoms with E-state index in [-0.39, 0.29) is 0 Å². The van der Waals surface area contributed by atoms with Crippen molar-refractivity contribution in [2.75, 3.05) is 33.2 Å². The summed E-state index contributed by atoms with van der Waals surface area (Å²) in [5, 5.41) is 0. The highest BCUT2D eigenvalue weighted by molar-refractivity contribution is 5.78. The van der Waals surface area contributed by atoms with Crippen molar-refractivity contribution in [2.45, 2.75) is 40.0 Å². The van der Waals surface area contributed by atoms with Crippen molar-refractivity contribution in [3.05, 3.63) is 0 Å². The number of likely N-dealkylation sites (N-methyl/N-ethyl adjacent to an activating group) is 1. The highest BCUT2D eigenvalue weighted by Crippen LogP contribution is 2.16. The second-order valence-corrected chi connectivity index (χ2v) is 5.98. The van der Waals surface area contributed by atoms with Crippen LogP contribution < -0.4 is 0 Å². The van der Waals surface area contributed by atoms with Crippen molar-refractivity contribution in [2.24, 2.45) is 11.8 Å². The number of piperidine rings is 1. The summed E-state index contributed by atoms with van der Waals surface area (Å²) in [5.41, 5.74) is 0. The molecule has 0 aromatic carbocycles. The standard InChI is InChI=1S/C14H28N2O/c1-12(2)5-8-15(4)11-14(17)16-9-6-13(3)7-10-16/h12-13H,5-11H2,1-4H3. The Hall–Kier alpha value is -0.570. The van der Waals surface area contributed by atoms with Crippen molar-refractivity contribution >= 4 is 5.91 Å². The molecule has 0 aromatic rings. The van der Waals surface area contributed by atoms with Gasteiger partial charge >= 0.3 is 0 Å². The molecule has 100 valence electrons. The largest absolute Gasteiger partial charge is 0.342 e. The van der Waals surface area contributed by atoms with Crippen molar-refractivity contribution < 1.29 is 4.79 Å². The van der Waals surface area contributed by atoms with Gasteiger partial charge in [-0.3, -0.25) is 9.69 Å². The molecule has 3 nitrogen and oxygen atoms in total. The Morgan fingerprint density at radius 1 is 1.35 bits per heavy atom. The molecule has 1 saturated heterocycles. The molecule has 1 rings (SSSR count). The monoisotopic (exact) mass is 240 g/mol. The molecule has 1 aliphatic heterocycles. The second kappa shape index (κ2) is 7.00. The van der Waals surface area contributed by atoms with Crippen LogP contribution in [0.25, 0.3) is 0 Å². The topological polar surface area (TPSA) is 23.6 Å². The molecule has 0 N–H and O–H groups in total. The third-order valence-electron chi connectivity index (χ3n) is 3.63. The van der Waals surface area contributed by atoms with E-state index in [1.54, 1.807) is 0 Å². The van der Waals surface area contributed by atoms with Gasteiger partial charge in [0.25, 0.3) is 0 Å². The lowest BCUT2D eigenvalue weighted by atomic mass is 9.99. The van der Waals surface area contributed by atoms with Crippen molar-refractivity contribution in [3.8, 4) is 0 Å². The van der Waals surface area contributed by atoms with E-state index >= 15 is 0 Å². The van der Waals surface area contributed by atoms with Gasteiger partial charge in [-0.05, 0) is 44.7 Å². The Kier molecular flexibility index (Phi) is 5.96. The van der Waals surface area contributed by atoms with Crippen molar-refractivity contribution in [1.29, 1.82) is 0 Å². The molecular weight excluding hydrogens is 212 g/mol. The first kappa shape index (κ1) is 14.5. The third kappa shape index (κ3) is 5.53. The Labute approximate surface area is 106 Å². The summed E-state index contributed by atoms with van der Waals surface area (Å²) in [6.07, 6.45) is 3.50. The number of carbonyl (C=O) groups is 1. The summed E-state index contributed by atoms with van der Waals surface area (Å²) >= 11 is 0. The fourth-order valence-electron chi connectivity index (χ4n) is 2.15. The molecule has 17 heavy (non-hydrogen) atoms. The van der Waals surface area contributed by atoms with Gasteiger partial charge < -0.3 is 4.90 Å². The molecule has 0 aromatic heterocycles. The summed E-state index contributed by atoms with van der Waals surface area (Å²) < 4.78 is 0. The minimum absolute atomic E-state index is 0.308. The van der Waals surface area contributed by atoms with Gasteiger partial charge in [0.1, 0.15) is 0 Å². The highest BCUT2D eigenvalue weighted by Gasteiger charge is 2.20. The summed E-state index contributed by atoms with van der Waals surface area (Å²) in [7, 11) is 2.05. The fraction of sp³-hybridized carbons (Fsp3) is 0.929. The van der Waals surface area contributed by atoms with Gasteiger partial charge in [-0.2, -0.15) is 0 Å². The molecule has 1 heterocycles. The van der Waals surface area contributed by atoms with Gasteiger partial charge in [-0.25, -0.2) is 0 Å². The zero-order valence-electron chi connectivity index (χ0n) is 11.9. The SMILES string of the molecule is CC(C)CCN(C)CC(=O)N1CCC(C)CC1. The van der Waals surface area contributed by atoms with Gasteiger partial charge in [0.15, 0.2) is 0 Å². The molecule has 1 aliphatic rings. The van der Waals surface area contributed by atoms with E-state index in [2.05, 4.69) is 25.7 Å². The summed E-state index contributed by atoms with van der Waals surface area (Å²) in [6.45, 7) is 10.2. The van der Waals surface area contributed by atoms with Crippen LogP contribution in [0.5, 0.6) is 0 Å². The van der Waals surface area contributed by atoms with Crippen LogP contribution in [0.1, 0.15) is 40.0 Å². The smallest absolute Gasteiger partial charge is 0.236 e. The number of hydrogen-bond donors (Lipinski definition) is 0. The zero-order valence-corrected chi connectivity index (χ0v) is 11.9. The minimum Gasteiger partial charge on any atom is -0.342 e. The average Bonchev–Trinajstić information content (AvgIpc) is 2.27. The maximum Gasteiger partial charge on any atom is 0.236 e. The van der Waals surface area contributed by atoms with Crippen LogP contribution in [-0.4, -0.2) is 48.9 Å². The van der Waals surface area contributed by atoms with Gasteiger partial charge in [0, 0.05) is 13.1 Å². The van der Waals surface area contributed by atoms with Crippen LogP contribution in [0.3, 0.4) is 0 Å². The van der Waals surface area contributed by atoms with Crippen molar-refractivity contribution in [1.82, 2.24) is 9.80 Å². The average molecular weight is 240 g/mol. The van der Waals surface area contributed by atoms with E-state index in [0.717, 1.165) is 25.6 Å².